The summed E-state index contributed by atoms with van der Waals surface area (Å²) in [5.74, 6) is 1.51. The molecule has 0 aromatic heterocycles. The van der Waals surface area contributed by atoms with E-state index >= 15 is 0 Å². The quantitative estimate of drug-likeness (QED) is 0.761. The Morgan fingerprint density at radius 2 is 1.88 bits per heavy atom. The second-order valence-corrected chi connectivity index (χ2v) is 9.03. The molecule has 0 N–H and O–H groups in total. The van der Waals surface area contributed by atoms with Gasteiger partial charge in [-0.15, -0.1) is 0 Å². The highest BCUT2D eigenvalue weighted by Crippen LogP contribution is 2.31. The van der Waals surface area contributed by atoms with Gasteiger partial charge in [0.05, 0.1) is 15.4 Å². The van der Waals surface area contributed by atoms with Crippen LogP contribution in [0.3, 0.4) is 0 Å². The van der Waals surface area contributed by atoms with E-state index < -0.39 is 9.73 Å². The fourth-order valence-electron chi connectivity index (χ4n) is 1.73. The fraction of sp³-hybridized carbons (Fsp3) is 0.538. The summed E-state index contributed by atoms with van der Waals surface area (Å²) in [5, 5.41) is 0. The van der Waals surface area contributed by atoms with Crippen molar-refractivity contribution in [2.24, 2.45) is 4.36 Å². The molecule has 1 heterocycles. The first-order valence-electron chi connectivity index (χ1n) is 5.82. The fourth-order valence-corrected chi connectivity index (χ4v) is 3.67. The van der Waals surface area contributed by atoms with Crippen molar-refractivity contribution in [2.45, 2.75) is 32.6 Å². The second-order valence-electron chi connectivity index (χ2n) is 5.57. The average molecular weight is 316 g/mol. The Bertz CT molecular complexity index is 541. The van der Waals surface area contributed by atoms with E-state index in [0.29, 0.717) is 0 Å². The van der Waals surface area contributed by atoms with Gasteiger partial charge in [-0.1, -0.05) is 36.7 Å². The molecule has 1 saturated heterocycles. The summed E-state index contributed by atoms with van der Waals surface area (Å²) < 4.78 is 17.5. The van der Waals surface area contributed by atoms with Gasteiger partial charge in [0, 0.05) is 16.0 Å². The van der Waals surface area contributed by atoms with Crippen molar-refractivity contribution in [2.75, 3.05) is 11.5 Å². The highest BCUT2D eigenvalue weighted by molar-refractivity contribution is 9.10. The first kappa shape index (κ1) is 13.1. The van der Waals surface area contributed by atoms with Gasteiger partial charge in [-0.2, -0.15) is 4.36 Å². The zero-order valence-corrected chi connectivity index (χ0v) is 12.9. The minimum atomic E-state index is -1.92. The van der Waals surface area contributed by atoms with E-state index in [0.717, 1.165) is 28.1 Å². The van der Waals surface area contributed by atoms with E-state index in [1.54, 1.807) is 0 Å². The Hall–Kier alpha value is -0.350. The van der Waals surface area contributed by atoms with Gasteiger partial charge >= 0.3 is 0 Å². The van der Waals surface area contributed by atoms with E-state index in [9.17, 15) is 4.21 Å². The summed E-state index contributed by atoms with van der Waals surface area (Å²) in [6.07, 6.45) is 1.04. The monoisotopic (exact) mass is 315 g/mol. The number of nitrogens with zero attached hydrogens (tertiary/aromatic N) is 1. The molecule has 0 spiro atoms. The van der Waals surface area contributed by atoms with Crippen LogP contribution in [-0.4, -0.2) is 15.7 Å². The number of hydrogen-bond donors (Lipinski definition) is 0. The molecule has 0 unspecified atom stereocenters. The maximum Gasteiger partial charge on any atom is 0.0744 e. The van der Waals surface area contributed by atoms with Crippen LogP contribution in [0.4, 0.5) is 5.69 Å². The molecule has 94 valence electrons. The van der Waals surface area contributed by atoms with Crippen LogP contribution in [0, 0.1) is 0 Å². The Labute approximate surface area is 112 Å². The number of halogens is 1. The average Bonchev–Trinajstić information content (AvgIpc) is 2.13. The third-order valence-corrected chi connectivity index (χ3v) is 5.80. The molecule has 0 aliphatic carbocycles. The van der Waals surface area contributed by atoms with Gasteiger partial charge in [0.2, 0.25) is 0 Å². The van der Waals surface area contributed by atoms with Gasteiger partial charge in [0.25, 0.3) is 0 Å². The summed E-state index contributed by atoms with van der Waals surface area (Å²) in [6, 6.07) is 6.10. The summed E-state index contributed by atoms with van der Waals surface area (Å²) in [6.45, 7) is 6.51. The zero-order valence-electron chi connectivity index (χ0n) is 10.5. The van der Waals surface area contributed by atoms with E-state index in [1.807, 2.05) is 6.07 Å². The lowest BCUT2D eigenvalue weighted by Crippen LogP contribution is -2.23. The molecule has 1 aromatic rings. The summed E-state index contributed by atoms with van der Waals surface area (Å²) >= 11 is 3.50. The van der Waals surface area contributed by atoms with Crippen LogP contribution in [-0.2, 0) is 15.1 Å². The third-order valence-electron chi connectivity index (χ3n) is 2.95. The number of rotatable bonds is 1. The molecular formula is C13H18BrNOS. The predicted molar refractivity (Wildman–Crippen MR) is 77.4 cm³/mol. The van der Waals surface area contributed by atoms with Crippen LogP contribution >= 0.6 is 15.9 Å². The van der Waals surface area contributed by atoms with Crippen molar-refractivity contribution >= 4 is 31.3 Å². The Kier molecular flexibility index (Phi) is 3.38. The summed E-state index contributed by atoms with van der Waals surface area (Å²) in [7, 11) is -1.92. The first-order valence-corrected chi connectivity index (χ1v) is 8.47. The van der Waals surface area contributed by atoms with Gasteiger partial charge in [0.1, 0.15) is 0 Å². The number of benzene rings is 1. The van der Waals surface area contributed by atoms with E-state index in [2.05, 4.69) is 53.2 Å². The Morgan fingerprint density at radius 1 is 1.24 bits per heavy atom. The van der Waals surface area contributed by atoms with E-state index in [-0.39, 0.29) is 5.41 Å². The van der Waals surface area contributed by atoms with Crippen molar-refractivity contribution in [1.82, 2.24) is 0 Å². The Morgan fingerprint density at radius 3 is 2.35 bits per heavy atom. The van der Waals surface area contributed by atoms with Crippen molar-refractivity contribution in [3.05, 3.63) is 28.2 Å². The molecule has 17 heavy (non-hydrogen) atoms. The Balaban J connectivity index is 2.46. The minimum absolute atomic E-state index is 0.0824. The van der Waals surface area contributed by atoms with Crippen LogP contribution < -0.4 is 0 Å². The number of hydrogen-bond acceptors (Lipinski definition) is 2. The predicted octanol–water partition coefficient (Wildman–Crippen LogP) is 4.25. The normalized spacial score (nSPS) is 18.6. The zero-order chi connectivity index (χ0) is 12.7. The highest BCUT2D eigenvalue weighted by atomic mass is 79.9. The smallest absolute Gasteiger partial charge is 0.0744 e. The lowest BCUT2D eigenvalue weighted by atomic mass is 9.87. The molecular weight excluding hydrogens is 298 g/mol. The molecule has 1 fully saturated rings. The van der Waals surface area contributed by atoms with Crippen LogP contribution in [0.15, 0.2) is 27.0 Å². The molecule has 2 rings (SSSR count). The molecule has 0 saturated carbocycles. The van der Waals surface area contributed by atoms with Gasteiger partial charge in [-0.05, 0) is 35.6 Å². The van der Waals surface area contributed by atoms with Crippen molar-refractivity contribution in [3.63, 3.8) is 0 Å². The summed E-state index contributed by atoms with van der Waals surface area (Å²) in [4.78, 5) is 0. The van der Waals surface area contributed by atoms with Crippen LogP contribution in [0.25, 0.3) is 0 Å². The summed E-state index contributed by atoms with van der Waals surface area (Å²) in [5.41, 5.74) is 2.14. The standard InChI is InChI=1S/C13H18BrNOS/c1-13(2,3)10-7-11(14)9-12(8-10)15-17(16)5-4-6-17/h7-9H,4-6H2,1-3H3. The van der Waals surface area contributed by atoms with Gasteiger partial charge in [-0.3, -0.25) is 0 Å². The maximum absolute atomic E-state index is 12.1. The molecule has 1 aliphatic rings. The van der Waals surface area contributed by atoms with Crippen LogP contribution in [0.5, 0.6) is 0 Å². The van der Waals surface area contributed by atoms with Crippen LogP contribution in [0.1, 0.15) is 32.8 Å². The molecule has 0 radical (unpaired) electrons. The topological polar surface area (TPSA) is 29.4 Å². The third kappa shape index (κ3) is 3.10. The maximum atomic E-state index is 12.1. The lowest BCUT2D eigenvalue weighted by molar-refractivity contribution is 0.590. The second kappa shape index (κ2) is 4.39. The highest BCUT2D eigenvalue weighted by Gasteiger charge is 2.20. The minimum Gasteiger partial charge on any atom is -0.249 e. The molecule has 0 bridgehead atoms. The molecule has 0 atom stereocenters. The first-order chi connectivity index (χ1) is 7.78. The van der Waals surface area contributed by atoms with Gasteiger partial charge < -0.3 is 0 Å². The molecule has 2 nitrogen and oxygen atoms in total. The van der Waals surface area contributed by atoms with E-state index in [4.69, 9.17) is 0 Å². The van der Waals surface area contributed by atoms with Gasteiger partial charge in [0.15, 0.2) is 0 Å². The largest absolute Gasteiger partial charge is 0.249 e. The molecule has 1 aliphatic heterocycles. The molecule has 4 heteroatoms. The van der Waals surface area contributed by atoms with Crippen molar-refractivity contribution < 1.29 is 4.21 Å². The van der Waals surface area contributed by atoms with Crippen molar-refractivity contribution in [1.29, 1.82) is 0 Å². The lowest BCUT2D eigenvalue weighted by Gasteiger charge is -2.21. The SMILES string of the molecule is CC(C)(C)c1cc(Br)cc(N=S2(=O)CCC2)c1. The van der Waals surface area contributed by atoms with Crippen molar-refractivity contribution in [3.8, 4) is 0 Å². The van der Waals surface area contributed by atoms with Gasteiger partial charge in [-0.25, -0.2) is 4.21 Å². The molecule has 0 amide bonds. The molecule has 1 aromatic carbocycles. The van der Waals surface area contributed by atoms with E-state index in [1.165, 1.54) is 5.56 Å². The van der Waals surface area contributed by atoms with Crippen LogP contribution in [0.2, 0.25) is 0 Å².